The molecule has 23 heavy (non-hydrogen) atoms. The molecule has 0 N–H and O–H groups in total. The number of methoxy groups -OCH3 is 2. The lowest BCUT2D eigenvalue weighted by molar-refractivity contribution is -0.152. The Morgan fingerprint density at radius 2 is 2.09 bits per heavy atom. The summed E-state index contributed by atoms with van der Waals surface area (Å²) in [5, 5.41) is 0. The highest BCUT2D eigenvalue weighted by atomic mass is 16.5. The first-order valence-corrected chi connectivity index (χ1v) is 8.54. The van der Waals surface area contributed by atoms with Crippen molar-refractivity contribution in [2.75, 3.05) is 20.8 Å². The lowest BCUT2D eigenvalue weighted by Gasteiger charge is -2.33. The summed E-state index contributed by atoms with van der Waals surface area (Å²) in [5.74, 6) is 0.608. The van der Waals surface area contributed by atoms with Crippen LogP contribution in [-0.2, 0) is 19.1 Å². The Balaban J connectivity index is 2.10. The van der Waals surface area contributed by atoms with Gasteiger partial charge in [0.05, 0.1) is 25.0 Å². The van der Waals surface area contributed by atoms with E-state index >= 15 is 0 Å². The molecule has 126 valence electrons. The Morgan fingerprint density at radius 1 is 1.30 bits per heavy atom. The molecule has 0 aliphatic heterocycles. The summed E-state index contributed by atoms with van der Waals surface area (Å²) in [6, 6.07) is 0. The van der Waals surface area contributed by atoms with E-state index in [4.69, 9.17) is 9.47 Å². The Hall–Kier alpha value is -1.42. The van der Waals surface area contributed by atoms with Crippen LogP contribution in [-0.4, -0.2) is 32.6 Å². The molecule has 2 saturated carbocycles. The van der Waals surface area contributed by atoms with Crippen molar-refractivity contribution in [3.8, 4) is 0 Å². The largest absolute Gasteiger partial charge is 0.468 e. The van der Waals surface area contributed by atoms with Crippen LogP contribution in [0.1, 0.15) is 32.6 Å². The van der Waals surface area contributed by atoms with Gasteiger partial charge in [-0.25, -0.2) is 0 Å². The van der Waals surface area contributed by atoms with E-state index in [1.165, 1.54) is 12.7 Å². The molecule has 0 radical (unpaired) electrons. The molecular weight excluding hydrogens is 292 g/mol. The number of rotatable bonds is 3. The molecule has 0 amide bonds. The molecule has 4 nitrogen and oxygen atoms in total. The Labute approximate surface area is 137 Å². The lowest BCUT2D eigenvalue weighted by atomic mass is 9.70. The number of esters is 1. The van der Waals surface area contributed by atoms with E-state index in [-0.39, 0.29) is 17.7 Å². The highest BCUT2D eigenvalue weighted by molar-refractivity contribution is 5.95. The third kappa shape index (κ3) is 2.57. The highest BCUT2D eigenvalue weighted by Gasteiger charge is 2.53. The minimum absolute atomic E-state index is 0.142. The average molecular weight is 318 g/mol. The van der Waals surface area contributed by atoms with Crippen LogP contribution in [0, 0.1) is 29.1 Å². The van der Waals surface area contributed by atoms with Crippen LogP contribution in [0.4, 0.5) is 0 Å². The molecular formula is C19H26O4. The summed E-state index contributed by atoms with van der Waals surface area (Å²) in [7, 11) is 3.13. The van der Waals surface area contributed by atoms with Gasteiger partial charge in [0, 0.05) is 19.4 Å². The van der Waals surface area contributed by atoms with Crippen molar-refractivity contribution >= 4 is 11.8 Å². The van der Waals surface area contributed by atoms with E-state index < -0.39 is 11.3 Å². The summed E-state index contributed by atoms with van der Waals surface area (Å²) in [6.07, 6.45) is 9.43. The van der Waals surface area contributed by atoms with Crippen molar-refractivity contribution in [1.29, 1.82) is 0 Å². The predicted molar refractivity (Wildman–Crippen MR) is 86.7 cm³/mol. The number of Topliss-reactive ketones (excluding diaryl/α,β-unsaturated/α-hetero) is 1. The van der Waals surface area contributed by atoms with Gasteiger partial charge < -0.3 is 9.47 Å². The minimum Gasteiger partial charge on any atom is -0.468 e. The van der Waals surface area contributed by atoms with Crippen molar-refractivity contribution in [3.63, 3.8) is 0 Å². The number of allylic oxidation sites excluding steroid dienone is 2. The van der Waals surface area contributed by atoms with Crippen LogP contribution in [0.15, 0.2) is 23.8 Å². The minimum atomic E-state index is -0.799. The summed E-state index contributed by atoms with van der Waals surface area (Å²) in [6.45, 7) is 2.87. The molecule has 3 rings (SSSR count). The van der Waals surface area contributed by atoms with Crippen molar-refractivity contribution in [2.24, 2.45) is 29.1 Å². The molecule has 0 aromatic heterocycles. The van der Waals surface area contributed by atoms with Crippen LogP contribution >= 0.6 is 0 Å². The van der Waals surface area contributed by atoms with Crippen molar-refractivity contribution in [1.82, 2.24) is 0 Å². The maximum absolute atomic E-state index is 12.6. The van der Waals surface area contributed by atoms with Crippen molar-refractivity contribution in [3.05, 3.63) is 23.8 Å². The zero-order chi connectivity index (χ0) is 16.6. The molecule has 0 saturated heterocycles. The molecule has 0 spiro atoms. The summed E-state index contributed by atoms with van der Waals surface area (Å²) >= 11 is 0. The van der Waals surface area contributed by atoms with E-state index in [0.717, 1.165) is 12.8 Å². The van der Waals surface area contributed by atoms with Crippen LogP contribution in [0.2, 0.25) is 0 Å². The molecule has 3 aliphatic carbocycles. The molecule has 3 aliphatic rings. The van der Waals surface area contributed by atoms with Crippen LogP contribution in [0.5, 0.6) is 0 Å². The predicted octanol–water partition coefficient (Wildman–Crippen LogP) is 2.93. The fourth-order valence-corrected chi connectivity index (χ4v) is 4.74. The number of fused-ring (bicyclic) bond motifs is 2. The van der Waals surface area contributed by atoms with Crippen molar-refractivity contribution < 1.29 is 19.1 Å². The summed E-state index contributed by atoms with van der Waals surface area (Å²) in [5.41, 5.74) is 0.522. The number of carbonyl (C=O) groups is 2. The number of ketones is 1. The zero-order valence-corrected chi connectivity index (χ0v) is 14.2. The number of ether oxygens (including phenoxy) is 2. The van der Waals surface area contributed by atoms with Gasteiger partial charge in [-0.1, -0.05) is 30.7 Å². The third-order valence-corrected chi connectivity index (χ3v) is 6.01. The smallest absolute Gasteiger partial charge is 0.316 e. The molecule has 5 atom stereocenters. The number of hydrogen-bond donors (Lipinski definition) is 0. The second-order valence-corrected chi connectivity index (χ2v) is 7.21. The van der Waals surface area contributed by atoms with Crippen LogP contribution in [0.3, 0.4) is 0 Å². The number of hydrogen-bond acceptors (Lipinski definition) is 4. The molecule has 4 heteroatoms. The van der Waals surface area contributed by atoms with Gasteiger partial charge in [-0.2, -0.15) is 0 Å². The third-order valence-electron chi connectivity index (χ3n) is 6.01. The molecule has 0 aromatic carbocycles. The van der Waals surface area contributed by atoms with Crippen LogP contribution in [0.25, 0.3) is 0 Å². The normalized spacial score (nSPS) is 39.3. The first-order valence-electron chi connectivity index (χ1n) is 8.54. The van der Waals surface area contributed by atoms with Gasteiger partial charge in [-0.05, 0) is 31.1 Å². The Morgan fingerprint density at radius 3 is 2.78 bits per heavy atom. The monoisotopic (exact) mass is 318 g/mol. The van der Waals surface area contributed by atoms with Crippen molar-refractivity contribution in [2.45, 2.75) is 32.6 Å². The maximum Gasteiger partial charge on any atom is 0.316 e. The maximum atomic E-state index is 12.6. The van der Waals surface area contributed by atoms with E-state index in [2.05, 4.69) is 19.1 Å². The fraction of sp³-hybridized carbons (Fsp3) is 0.684. The molecule has 2 fully saturated rings. The van der Waals surface area contributed by atoms with E-state index in [1.807, 2.05) is 6.08 Å². The second-order valence-electron chi connectivity index (χ2n) is 7.21. The van der Waals surface area contributed by atoms with Gasteiger partial charge in [-0.15, -0.1) is 0 Å². The first kappa shape index (κ1) is 16.4. The van der Waals surface area contributed by atoms with Gasteiger partial charge in [0.15, 0.2) is 0 Å². The topological polar surface area (TPSA) is 52.6 Å². The Kier molecular flexibility index (Phi) is 4.45. The SMILES string of the molecule is COC[C@H]1C=C[C@H]2C(=O)CC[C@@]2(C(=O)OC)C=C2[C@H](C)CC[C@H]21. The van der Waals surface area contributed by atoms with Gasteiger partial charge in [-0.3, -0.25) is 9.59 Å². The van der Waals surface area contributed by atoms with Gasteiger partial charge in [0.2, 0.25) is 0 Å². The van der Waals surface area contributed by atoms with E-state index in [1.54, 1.807) is 7.11 Å². The van der Waals surface area contributed by atoms with Gasteiger partial charge in [0.1, 0.15) is 5.78 Å². The standard InChI is InChI=1S/C19H26O4/c1-12-4-6-14-13(11-22-2)5-7-16-17(20)8-9-19(16,10-15(12)14)18(21)23-3/h5,7,10,12-14,16H,4,6,8-9,11H2,1-3H3/t12-,13-,14+,16+,19-/m1/s1. The van der Waals surface area contributed by atoms with Gasteiger partial charge in [0.25, 0.3) is 0 Å². The fourth-order valence-electron chi connectivity index (χ4n) is 4.74. The van der Waals surface area contributed by atoms with Crippen LogP contribution < -0.4 is 0 Å². The lowest BCUT2D eigenvalue weighted by Crippen LogP contribution is -2.37. The average Bonchev–Trinajstić information content (AvgIpc) is 3.03. The highest BCUT2D eigenvalue weighted by Crippen LogP contribution is 2.51. The van der Waals surface area contributed by atoms with E-state index in [9.17, 15) is 9.59 Å². The number of carbonyl (C=O) groups excluding carboxylic acids is 2. The quantitative estimate of drug-likeness (QED) is 0.593. The molecule has 0 aromatic rings. The molecule has 0 bridgehead atoms. The zero-order valence-electron chi connectivity index (χ0n) is 14.2. The molecule has 0 heterocycles. The molecule has 0 unspecified atom stereocenters. The first-order chi connectivity index (χ1) is 11.0. The summed E-state index contributed by atoms with van der Waals surface area (Å²) in [4.78, 5) is 25.0. The van der Waals surface area contributed by atoms with Gasteiger partial charge >= 0.3 is 5.97 Å². The Bertz CT molecular complexity index is 562. The summed E-state index contributed by atoms with van der Waals surface area (Å²) < 4.78 is 10.5. The van der Waals surface area contributed by atoms with E-state index in [0.29, 0.717) is 31.3 Å². The second kappa shape index (κ2) is 6.23.